The van der Waals surface area contributed by atoms with Gasteiger partial charge < -0.3 is 10.6 Å². The van der Waals surface area contributed by atoms with Crippen molar-refractivity contribution < 1.29 is 4.79 Å². The largest absolute Gasteiger partial charge is 0.341 e. The summed E-state index contributed by atoms with van der Waals surface area (Å²) in [5.41, 5.74) is 7.87. The Bertz CT molecular complexity index is 373. The Morgan fingerprint density at radius 1 is 1.33 bits per heavy atom. The van der Waals surface area contributed by atoms with Gasteiger partial charge in [0.05, 0.1) is 0 Å². The number of nitrogens with zero attached hydrogens (tertiary/aromatic N) is 1. The summed E-state index contributed by atoms with van der Waals surface area (Å²) < 4.78 is 0. The predicted molar refractivity (Wildman–Crippen MR) is 75.1 cm³/mol. The van der Waals surface area contributed by atoms with Crippen molar-refractivity contribution in [1.29, 1.82) is 0 Å². The normalized spacial score (nSPS) is 12.2. The van der Waals surface area contributed by atoms with E-state index in [9.17, 15) is 4.79 Å². The third kappa shape index (κ3) is 4.49. The van der Waals surface area contributed by atoms with Crippen molar-refractivity contribution in [1.82, 2.24) is 4.90 Å². The Morgan fingerprint density at radius 3 is 2.50 bits per heavy atom. The van der Waals surface area contributed by atoms with Crippen LogP contribution in [0.15, 0.2) is 24.3 Å². The van der Waals surface area contributed by atoms with Crippen molar-refractivity contribution in [2.24, 2.45) is 11.7 Å². The molecule has 3 nitrogen and oxygen atoms in total. The van der Waals surface area contributed by atoms with Gasteiger partial charge in [-0.15, -0.1) is 0 Å². The fraction of sp³-hybridized carbons (Fsp3) is 0.533. The fourth-order valence-electron chi connectivity index (χ4n) is 1.97. The summed E-state index contributed by atoms with van der Waals surface area (Å²) >= 11 is 0. The third-order valence-corrected chi connectivity index (χ3v) is 3.18. The van der Waals surface area contributed by atoms with Crippen molar-refractivity contribution >= 4 is 5.91 Å². The number of benzene rings is 1. The highest BCUT2D eigenvalue weighted by atomic mass is 16.2. The number of rotatable bonds is 6. The van der Waals surface area contributed by atoms with Gasteiger partial charge >= 0.3 is 0 Å². The lowest BCUT2D eigenvalue weighted by atomic mass is 10.0. The number of hydrogen-bond acceptors (Lipinski definition) is 2. The molecule has 3 heteroatoms. The van der Waals surface area contributed by atoms with Gasteiger partial charge in [-0.2, -0.15) is 0 Å². The first-order chi connectivity index (χ1) is 8.54. The van der Waals surface area contributed by atoms with Crippen LogP contribution in [0, 0.1) is 12.8 Å². The fourth-order valence-corrected chi connectivity index (χ4v) is 1.97. The standard InChI is InChI=1S/C15H24N2O/c1-12-6-8-14(9-7-12)11-17(3)15(18)13(2)5-4-10-16/h6-9,13H,4-5,10-11,16H2,1-3H3. The van der Waals surface area contributed by atoms with E-state index in [1.807, 2.05) is 14.0 Å². The summed E-state index contributed by atoms with van der Waals surface area (Å²) in [7, 11) is 1.86. The van der Waals surface area contributed by atoms with E-state index in [1.54, 1.807) is 4.90 Å². The van der Waals surface area contributed by atoms with Gasteiger partial charge in [0, 0.05) is 19.5 Å². The molecule has 1 aromatic rings. The first-order valence-corrected chi connectivity index (χ1v) is 6.55. The van der Waals surface area contributed by atoms with Crippen molar-refractivity contribution in [3.8, 4) is 0 Å². The van der Waals surface area contributed by atoms with Gasteiger partial charge in [0.25, 0.3) is 0 Å². The molecule has 0 aliphatic carbocycles. The molecule has 0 heterocycles. The minimum atomic E-state index is 0.0593. The van der Waals surface area contributed by atoms with Crippen LogP contribution in [0.1, 0.15) is 30.9 Å². The van der Waals surface area contributed by atoms with Crippen LogP contribution in [0.25, 0.3) is 0 Å². The lowest BCUT2D eigenvalue weighted by molar-refractivity contribution is -0.134. The van der Waals surface area contributed by atoms with Crippen LogP contribution in [0.5, 0.6) is 0 Å². The van der Waals surface area contributed by atoms with Crippen molar-refractivity contribution in [2.75, 3.05) is 13.6 Å². The van der Waals surface area contributed by atoms with Gasteiger partial charge in [-0.1, -0.05) is 36.8 Å². The zero-order valence-corrected chi connectivity index (χ0v) is 11.6. The molecule has 0 aliphatic rings. The Hall–Kier alpha value is -1.35. The van der Waals surface area contributed by atoms with E-state index in [1.165, 1.54) is 11.1 Å². The van der Waals surface area contributed by atoms with E-state index >= 15 is 0 Å². The molecule has 1 atom stereocenters. The number of nitrogens with two attached hydrogens (primary N) is 1. The SMILES string of the molecule is Cc1ccc(CN(C)C(=O)C(C)CCCN)cc1. The Kier molecular flexibility index (Phi) is 5.86. The van der Waals surface area contributed by atoms with Gasteiger partial charge in [-0.05, 0) is 31.9 Å². The maximum Gasteiger partial charge on any atom is 0.225 e. The van der Waals surface area contributed by atoms with Gasteiger partial charge in [0.2, 0.25) is 5.91 Å². The number of amides is 1. The first-order valence-electron chi connectivity index (χ1n) is 6.55. The van der Waals surface area contributed by atoms with E-state index < -0.39 is 0 Å². The maximum atomic E-state index is 12.1. The lowest BCUT2D eigenvalue weighted by Crippen LogP contribution is -2.31. The summed E-state index contributed by atoms with van der Waals surface area (Å²) in [6.45, 7) is 5.36. The van der Waals surface area contributed by atoms with Crippen molar-refractivity contribution in [3.63, 3.8) is 0 Å². The molecule has 0 fully saturated rings. The molecule has 100 valence electrons. The quantitative estimate of drug-likeness (QED) is 0.840. The van der Waals surface area contributed by atoms with Crippen LogP contribution in [0.2, 0.25) is 0 Å². The molecule has 0 radical (unpaired) electrons. The highest BCUT2D eigenvalue weighted by Gasteiger charge is 2.16. The van der Waals surface area contributed by atoms with Crippen LogP contribution >= 0.6 is 0 Å². The molecular weight excluding hydrogens is 224 g/mol. The molecule has 1 aromatic carbocycles. The average Bonchev–Trinajstić information content (AvgIpc) is 2.37. The second-order valence-corrected chi connectivity index (χ2v) is 5.01. The Balaban J connectivity index is 2.51. The topological polar surface area (TPSA) is 46.3 Å². The second-order valence-electron chi connectivity index (χ2n) is 5.01. The van der Waals surface area contributed by atoms with Gasteiger partial charge in [0.15, 0.2) is 0 Å². The number of aryl methyl sites for hydroxylation is 1. The molecule has 0 bridgehead atoms. The second kappa shape index (κ2) is 7.17. The van der Waals surface area contributed by atoms with Crippen LogP contribution in [0.4, 0.5) is 0 Å². The van der Waals surface area contributed by atoms with Crippen LogP contribution < -0.4 is 5.73 Å². The third-order valence-electron chi connectivity index (χ3n) is 3.18. The zero-order valence-electron chi connectivity index (χ0n) is 11.6. The molecule has 2 N–H and O–H groups in total. The lowest BCUT2D eigenvalue weighted by Gasteiger charge is -2.21. The summed E-state index contributed by atoms with van der Waals surface area (Å²) in [6.07, 6.45) is 1.78. The molecule has 1 amide bonds. The van der Waals surface area contributed by atoms with E-state index in [4.69, 9.17) is 5.73 Å². The summed E-state index contributed by atoms with van der Waals surface area (Å²) in [5, 5.41) is 0. The van der Waals surface area contributed by atoms with E-state index in [0.717, 1.165) is 12.8 Å². The van der Waals surface area contributed by atoms with E-state index in [2.05, 4.69) is 31.2 Å². The maximum absolute atomic E-state index is 12.1. The minimum Gasteiger partial charge on any atom is -0.341 e. The molecule has 0 aliphatic heterocycles. The number of carbonyl (C=O) groups excluding carboxylic acids is 1. The van der Waals surface area contributed by atoms with Crippen molar-refractivity contribution in [2.45, 2.75) is 33.2 Å². The van der Waals surface area contributed by atoms with E-state index in [-0.39, 0.29) is 11.8 Å². The Morgan fingerprint density at radius 2 is 1.94 bits per heavy atom. The zero-order chi connectivity index (χ0) is 13.5. The molecular formula is C15H24N2O. The molecule has 0 saturated carbocycles. The van der Waals surface area contributed by atoms with E-state index in [0.29, 0.717) is 13.1 Å². The number of hydrogen-bond donors (Lipinski definition) is 1. The van der Waals surface area contributed by atoms with Gasteiger partial charge in [-0.25, -0.2) is 0 Å². The minimum absolute atomic E-state index is 0.0593. The smallest absolute Gasteiger partial charge is 0.225 e. The molecule has 18 heavy (non-hydrogen) atoms. The highest BCUT2D eigenvalue weighted by molar-refractivity contribution is 5.78. The molecule has 0 aromatic heterocycles. The first kappa shape index (κ1) is 14.7. The van der Waals surface area contributed by atoms with Crippen LogP contribution in [0.3, 0.4) is 0 Å². The van der Waals surface area contributed by atoms with Gasteiger partial charge in [0.1, 0.15) is 0 Å². The number of carbonyl (C=O) groups is 1. The monoisotopic (exact) mass is 248 g/mol. The molecule has 1 unspecified atom stereocenters. The predicted octanol–water partition coefficient (Wildman–Crippen LogP) is 2.33. The summed E-state index contributed by atoms with van der Waals surface area (Å²) in [6, 6.07) is 8.30. The summed E-state index contributed by atoms with van der Waals surface area (Å²) in [5.74, 6) is 0.257. The summed E-state index contributed by atoms with van der Waals surface area (Å²) in [4.78, 5) is 13.9. The highest BCUT2D eigenvalue weighted by Crippen LogP contribution is 2.12. The van der Waals surface area contributed by atoms with Crippen molar-refractivity contribution in [3.05, 3.63) is 35.4 Å². The van der Waals surface area contributed by atoms with Crippen LogP contribution in [-0.2, 0) is 11.3 Å². The Labute approximate surface area is 110 Å². The van der Waals surface area contributed by atoms with Gasteiger partial charge in [-0.3, -0.25) is 4.79 Å². The molecule has 1 rings (SSSR count). The average molecular weight is 248 g/mol. The van der Waals surface area contributed by atoms with Crippen LogP contribution in [-0.4, -0.2) is 24.4 Å². The molecule has 0 spiro atoms. The molecule has 0 saturated heterocycles.